The molecular weight excluding hydrogens is 889 g/mol. The van der Waals surface area contributed by atoms with Gasteiger partial charge >= 0.3 is 17.9 Å². The molecule has 0 amide bonds. The van der Waals surface area contributed by atoms with Gasteiger partial charge in [-0.3, -0.25) is 14.4 Å². The third-order valence-electron chi connectivity index (χ3n) is 12.5. The first-order valence-corrected chi connectivity index (χ1v) is 29.9. The van der Waals surface area contributed by atoms with Crippen molar-refractivity contribution in [2.24, 2.45) is 0 Å². The van der Waals surface area contributed by atoms with Crippen molar-refractivity contribution in [2.45, 2.75) is 277 Å². The van der Waals surface area contributed by atoms with E-state index in [0.717, 1.165) is 122 Å². The highest BCUT2D eigenvalue weighted by atomic mass is 16.6. The van der Waals surface area contributed by atoms with Gasteiger partial charge in [-0.15, -0.1) is 0 Å². The number of rotatable bonds is 53. The SMILES string of the molecule is CC/C=C\C/C=C\C/C=C\C/C=C\C/C=C\C/C=C\C/C=C\C/C=C\CCCCCCCCCCCCC(=O)OCC(COC(=O)CCCCCCCC)OC(=O)CCCCCCC/C=C\CCCCCC. The Bertz CT molecular complexity index is 1470. The summed E-state index contributed by atoms with van der Waals surface area (Å²) in [5.41, 5.74) is 0. The standard InChI is InChI=1S/C66H110O6/c1-4-7-10-13-16-18-20-22-23-24-25-26-27-28-29-30-31-32-33-34-35-36-37-38-39-40-41-42-43-45-46-48-50-53-56-59-65(68)71-62-63(61-70-64(67)58-55-52-15-12-9-6-3)72-66(69)60-57-54-51-49-47-44-21-19-17-14-11-8-5-2/h7,10,16,18-19,21-23,25-26,28-29,31-32,34-35,37-38,63H,4-6,8-9,11-15,17,20,24,27,30,33,36,39-62H2,1-3H3/b10-7-,18-16-,21-19-,23-22-,26-25-,29-28-,32-31-,35-34-,38-37-. The first kappa shape index (κ1) is 68.1. The summed E-state index contributed by atoms with van der Waals surface area (Å²) in [6.07, 6.45) is 81.3. The first-order chi connectivity index (χ1) is 35.5. The molecular formula is C66H110O6. The van der Waals surface area contributed by atoms with Gasteiger partial charge in [0, 0.05) is 19.3 Å². The van der Waals surface area contributed by atoms with Crippen molar-refractivity contribution in [1.82, 2.24) is 0 Å². The van der Waals surface area contributed by atoms with Gasteiger partial charge in [0.1, 0.15) is 13.2 Å². The van der Waals surface area contributed by atoms with Crippen LogP contribution in [0.25, 0.3) is 0 Å². The molecule has 0 aliphatic heterocycles. The van der Waals surface area contributed by atoms with Crippen LogP contribution in [-0.4, -0.2) is 37.2 Å². The molecule has 0 fully saturated rings. The maximum atomic E-state index is 12.7. The van der Waals surface area contributed by atoms with Crippen molar-refractivity contribution in [3.63, 3.8) is 0 Å². The van der Waals surface area contributed by atoms with E-state index in [1.165, 1.54) is 109 Å². The van der Waals surface area contributed by atoms with Gasteiger partial charge < -0.3 is 14.2 Å². The number of carbonyl (C=O) groups excluding carboxylic acids is 3. The molecule has 6 heteroatoms. The minimum Gasteiger partial charge on any atom is -0.462 e. The lowest BCUT2D eigenvalue weighted by atomic mass is 10.1. The fourth-order valence-electron chi connectivity index (χ4n) is 8.04. The highest BCUT2D eigenvalue weighted by Crippen LogP contribution is 2.15. The zero-order valence-corrected chi connectivity index (χ0v) is 46.9. The normalized spacial score (nSPS) is 12.9. The molecule has 1 unspecified atom stereocenters. The maximum absolute atomic E-state index is 12.7. The number of carbonyl (C=O) groups is 3. The van der Waals surface area contributed by atoms with Crippen molar-refractivity contribution in [1.29, 1.82) is 0 Å². The Morgan fingerprint density at radius 3 is 0.875 bits per heavy atom. The molecule has 0 saturated carbocycles. The number of hydrogen-bond acceptors (Lipinski definition) is 6. The minimum atomic E-state index is -0.779. The summed E-state index contributed by atoms with van der Waals surface area (Å²) in [4.78, 5) is 37.8. The lowest BCUT2D eigenvalue weighted by Gasteiger charge is -2.18. The molecule has 1 atom stereocenters. The van der Waals surface area contributed by atoms with Crippen molar-refractivity contribution in [3.8, 4) is 0 Å². The minimum absolute atomic E-state index is 0.0814. The van der Waals surface area contributed by atoms with Crippen molar-refractivity contribution in [3.05, 3.63) is 109 Å². The highest BCUT2D eigenvalue weighted by molar-refractivity contribution is 5.71. The fraction of sp³-hybridized carbons (Fsp3) is 0.682. The van der Waals surface area contributed by atoms with Gasteiger partial charge in [-0.05, 0) is 109 Å². The number of unbranched alkanes of at least 4 members (excludes halogenated alkanes) is 24. The molecule has 0 N–H and O–H groups in total. The van der Waals surface area contributed by atoms with Crippen LogP contribution in [-0.2, 0) is 28.6 Å². The van der Waals surface area contributed by atoms with E-state index in [-0.39, 0.29) is 31.1 Å². The monoisotopic (exact) mass is 999 g/mol. The number of esters is 3. The molecule has 0 aliphatic rings. The predicted octanol–water partition coefficient (Wildman–Crippen LogP) is 20.3. The van der Waals surface area contributed by atoms with E-state index in [9.17, 15) is 14.4 Å². The van der Waals surface area contributed by atoms with Crippen LogP contribution >= 0.6 is 0 Å². The summed E-state index contributed by atoms with van der Waals surface area (Å²) in [6.45, 7) is 6.44. The fourth-order valence-corrected chi connectivity index (χ4v) is 8.04. The smallest absolute Gasteiger partial charge is 0.306 e. The molecule has 0 saturated heterocycles. The van der Waals surface area contributed by atoms with E-state index in [0.29, 0.717) is 19.3 Å². The van der Waals surface area contributed by atoms with Crippen molar-refractivity contribution >= 4 is 17.9 Å². The summed E-state index contributed by atoms with van der Waals surface area (Å²) >= 11 is 0. The van der Waals surface area contributed by atoms with Crippen LogP contribution < -0.4 is 0 Å². The Morgan fingerprint density at radius 2 is 0.542 bits per heavy atom. The average Bonchev–Trinajstić information content (AvgIpc) is 3.38. The molecule has 0 aromatic heterocycles. The molecule has 0 aliphatic carbocycles. The van der Waals surface area contributed by atoms with Crippen LogP contribution in [0.2, 0.25) is 0 Å². The van der Waals surface area contributed by atoms with Crippen LogP contribution in [0.4, 0.5) is 0 Å². The second kappa shape index (κ2) is 59.6. The lowest BCUT2D eigenvalue weighted by Crippen LogP contribution is -2.30. The molecule has 0 spiro atoms. The predicted molar refractivity (Wildman–Crippen MR) is 311 cm³/mol. The van der Waals surface area contributed by atoms with Gasteiger partial charge in [0.15, 0.2) is 6.10 Å². The Labute approximate surface area is 444 Å². The van der Waals surface area contributed by atoms with Gasteiger partial charge in [-0.2, -0.15) is 0 Å². The molecule has 6 nitrogen and oxygen atoms in total. The van der Waals surface area contributed by atoms with E-state index in [4.69, 9.17) is 14.2 Å². The highest BCUT2D eigenvalue weighted by Gasteiger charge is 2.19. The summed E-state index contributed by atoms with van der Waals surface area (Å²) in [6, 6.07) is 0. The Kier molecular flexibility index (Phi) is 56.4. The molecule has 0 aromatic rings. The summed E-state index contributed by atoms with van der Waals surface area (Å²) < 4.78 is 16.7. The molecule has 0 aromatic carbocycles. The van der Waals surface area contributed by atoms with Crippen LogP contribution in [0.1, 0.15) is 271 Å². The van der Waals surface area contributed by atoms with Crippen molar-refractivity contribution < 1.29 is 28.6 Å². The van der Waals surface area contributed by atoms with E-state index in [1.54, 1.807) is 0 Å². The summed E-state index contributed by atoms with van der Waals surface area (Å²) in [5, 5.41) is 0. The van der Waals surface area contributed by atoms with E-state index in [1.807, 2.05) is 0 Å². The Hall–Kier alpha value is -3.93. The zero-order valence-electron chi connectivity index (χ0n) is 46.9. The molecule has 0 rings (SSSR count). The molecule has 0 radical (unpaired) electrons. The van der Waals surface area contributed by atoms with Crippen LogP contribution in [0.5, 0.6) is 0 Å². The van der Waals surface area contributed by atoms with Gasteiger partial charge in [0.25, 0.3) is 0 Å². The molecule has 0 heterocycles. The summed E-state index contributed by atoms with van der Waals surface area (Å²) in [5.74, 6) is -0.904. The molecule has 72 heavy (non-hydrogen) atoms. The van der Waals surface area contributed by atoms with Crippen LogP contribution in [0.3, 0.4) is 0 Å². The van der Waals surface area contributed by atoms with Gasteiger partial charge in [-0.1, -0.05) is 252 Å². The number of hydrogen-bond donors (Lipinski definition) is 0. The lowest BCUT2D eigenvalue weighted by molar-refractivity contribution is -0.167. The number of allylic oxidation sites excluding steroid dienone is 18. The van der Waals surface area contributed by atoms with Gasteiger partial charge in [-0.25, -0.2) is 0 Å². The topological polar surface area (TPSA) is 78.9 Å². The third-order valence-corrected chi connectivity index (χ3v) is 12.5. The van der Waals surface area contributed by atoms with Gasteiger partial charge in [0.05, 0.1) is 0 Å². The number of ether oxygens (including phenoxy) is 3. The average molecular weight is 1000 g/mol. The van der Waals surface area contributed by atoms with Crippen LogP contribution in [0, 0.1) is 0 Å². The largest absolute Gasteiger partial charge is 0.462 e. The van der Waals surface area contributed by atoms with Gasteiger partial charge in [0.2, 0.25) is 0 Å². The maximum Gasteiger partial charge on any atom is 0.306 e. The Morgan fingerprint density at radius 1 is 0.292 bits per heavy atom. The molecule has 410 valence electrons. The van der Waals surface area contributed by atoms with Crippen LogP contribution in [0.15, 0.2) is 109 Å². The van der Waals surface area contributed by atoms with E-state index >= 15 is 0 Å². The van der Waals surface area contributed by atoms with E-state index < -0.39 is 6.10 Å². The summed E-state index contributed by atoms with van der Waals surface area (Å²) in [7, 11) is 0. The van der Waals surface area contributed by atoms with E-state index in [2.05, 4.69) is 130 Å². The zero-order chi connectivity index (χ0) is 52.2. The first-order valence-electron chi connectivity index (χ1n) is 29.9. The Balaban J connectivity index is 4.04. The second-order valence-corrected chi connectivity index (χ2v) is 19.5. The molecule has 0 bridgehead atoms. The quantitative estimate of drug-likeness (QED) is 0.0261. The third kappa shape index (κ3) is 57.0. The second-order valence-electron chi connectivity index (χ2n) is 19.5. The van der Waals surface area contributed by atoms with Crippen molar-refractivity contribution in [2.75, 3.05) is 13.2 Å².